The molecule has 3 heterocycles. The van der Waals surface area contributed by atoms with Crippen LogP contribution in [0.4, 0.5) is 0 Å². The Morgan fingerprint density at radius 1 is 1.04 bits per heavy atom. The first-order chi connectivity index (χ1) is 12.3. The number of aryl methyl sites for hydroxylation is 1. The number of aromatic amines is 1. The maximum Gasteiger partial charge on any atom is 0.181 e. The smallest absolute Gasteiger partial charge is 0.181 e. The number of pyridine rings is 1. The van der Waals surface area contributed by atoms with Gasteiger partial charge in [0.1, 0.15) is 0 Å². The SMILES string of the molecule is Cc1[nH]nc2ncc(CNCc3cnn(Cc4ccccc4)c3)cc12.Cl. The number of hydrogen-bond donors (Lipinski definition) is 2. The molecule has 0 aliphatic rings. The average Bonchev–Trinajstić information content (AvgIpc) is 3.23. The van der Waals surface area contributed by atoms with Gasteiger partial charge >= 0.3 is 0 Å². The summed E-state index contributed by atoms with van der Waals surface area (Å²) in [5, 5.41) is 16.1. The van der Waals surface area contributed by atoms with Crippen LogP contribution in [0.5, 0.6) is 0 Å². The van der Waals surface area contributed by atoms with Crippen molar-refractivity contribution in [1.82, 2.24) is 30.3 Å². The summed E-state index contributed by atoms with van der Waals surface area (Å²) in [6, 6.07) is 12.5. The van der Waals surface area contributed by atoms with Gasteiger partial charge in [-0.05, 0) is 24.1 Å². The maximum absolute atomic E-state index is 4.43. The second kappa shape index (κ2) is 8.12. The zero-order chi connectivity index (χ0) is 17.1. The van der Waals surface area contributed by atoms with Crippen molar-refractivity contribution >= 4 is 23.4 Å². The van der Waals surface area contributed by atoms with E-state index >= 15 is 0 Å². The Hall–Kier alpha value is -2.70. The number of nitrogens with zero attached hydrogens (tertiary/aromatic N) is 4. The number of H-pyrrole nitrogens is 1. The van der Waals surface area contributed by atoms with E-state index < -0.39 is 0 Å². The van der Waals surface area contributed by atoms with Crippen molar-refractivity contribution in [2.45, 2.75) is 26.6 Å². The van der Waals surface area contributed by atoms with Crippen molar-refractivity contribution in [1.29, 1.82) is 0 Å². The molecule has 6 nitrogen and oxygen atoms in total. The summed E-state index contributed by atoms with van der Waals surface area (Å²) < 4.78 is 1.97. The Labute approximate surface area is 158 Å². The molecular formula is C19H21ClN6. The van der Waals surface area contributed by atoms with E-state index in [1.165, 1.54) is 11.1 Å². The normalized spacial score (nSPS) is 10.8. The number of rotatable bonds is 6. The molecule has 0 saturated heterocycles. The molecule has 0 amide bonds. The molecule has 0 spiro atoms. The number of fused-ring (bicyclic) bond motifs is 1. The van der Waals surface area contributed by atoms with Crippen molar-refractivity contribution in [3.05, 3.63) is 77.4 Å². The van der Waals surface area contributed by atoms with Crippen LogP contribution in [0.25, 0.3) is 11.0 Å². The highest BCUT2D eigenvalue weighted by molar-refractivity contribution is 5.85. The van der Waals surface area contributed by atoms with Crippen LogP contribution < -0.4 is 5.32 Å². The van der Waals surface area contributed by atoms with Gasteiger partial charge in [0.2, 0.25) is 0 Å². The minimum atomic E-state index is 0. The summed E-state index contributed by atoms with van der Waals surface area (Å²) in [7, 11) is 0. The van der Waals surface area contributed by atoms with E-state index in [-0.39, 0.29) is 12.4 Å². The van der Waals surface area contributed by atoms with E-state index in [1.807, 2.05) is 42.2 Å². The van der Waals surface area contributed by atoms with E-state index in [0.29, 0.717) is 0 Å². The van der Waals surface area contributed by atoms with E-state index in [0.717, 1.165) is 41.9 Å². The first-order valence-corrected chi connectivity index (χ1v) is 8.33. The van der Waals surface area contributed by atoms with Crippen LogP contribution in [0.2, 0.25) is 0 Å². The fourth-order valence-corrected chi connectivity index (χ4v) is 2.87. The largest absolute Gasteiger partial charge is 0.308 e. The Balaban J connectivity index is 0.00000196. The molecule has 26 heavy (non-hydrogen) atoms. The van der Waals surface area contributed by atoms with Gasteiger partial charge in [0.15, 0.2) is 5.65 Å². The monoisotopic (exact) mass is 368 g/mol. The van der Waals surface area contributed by atoms with Gasteiger partial charge in [-0.2, -0.15) is 10.2 Å². The third-order valence-electron chi connectivity index (χ3n) is 4.19. The lowest BCUT2D eigenvalue weighted by molar-refractivity contribution is 0.677. The molecule has 4 rings (SSSR count). The van der Waals surface area contributed by atoms with Crippen LogP contribution >= 0.6 is 12.4 Å². The van der Waals surface area contributed by atoms with Crippen LogP contribution in [-0.2, 0) is 19.6 Å². The van der Waals surface area contributed by atoms with E-state index in [9.17, 15) is 0 Å². The molecule has 0 atom stereocenters. The Morgan fingerprint density at radius 2 is 1.85 bits per heavy atom. The summed E-state index contributed by atoms with van der Waals surface area (Å²) in [4.78, 5) is 4.38. The summed E-state index contributed by atoms with van der Waals surface area (Å²) in [5.74, 6) is 0. The first kappa shape index (κ1) is 18.1. The van der Waals surface area contributed by atoms with Crippen molar-refractivity contribution in [3.8, 4) is 0 Å². The van der Waals surface area contributed by atoms with Gasteiger partial charge in [0.25, 0.3) is 0 Å². The summed E-state index contributed by atoms with van der Waals surface area (Å²) >= 11 is 0. The molecule has 0 aliphatic carbocycles. The predicted octanol–water partition coefficient (Wildman–Crippen LogP) is 3.22. The van der Waals surface area contributed by atoms with Gasteiger partial charge < -0.3 is 5.32 Å². The third-order valence-corrected chi connectivity index (χ3v) is 4.19. The highest BCUT2D eigenvalue weighted by Crippen LogP contribution is 2.14. The lowest BCUT2D eigenvalue weighted by atomic mass is 10.2. The molecule has 0 radical (unpaired) electrons. The van der Waals surface area contributed by atoms with Gasteiger partial charge in [-0.25, -0.2) is 4.98 Å². The van der Waals surface area contributed by atoms with Gasteiger partial charge in [0, 0.05) is 42.1 Å². The number of halogens is 1. The van der Waals surface area contributed by atoms with Crippen LogP contribution in [-0.4, -0.2) is 25.0 Å². The lowest BCUT2D eigenvalue weighted by Gasteiger charge is -2.03. The topological polar surface area (TPSA) is 71.4 Å². The maximum atomic E-state index is 4.43. The Kier molecular flexibility index (Phi) is 5.65. The van der Waals surface area contributed by atoms with Gasteiger partial charge in [-0.3, -0.25) is 9.78 Å². The van der Waals surface area contributed by atoms with Crippen LogP contribution in [0.1, 0.15) is 22.4 Å². The fraction of sp³-hybridized carbons (Fsp3) is 0.211. The highest BCUT2D eigenvalue weighted by Gasteiger charge is 2.04. The van der Waals surface area contributed by atoms with E-state index in [1.54, 1.807) is 0 Å². The van der Waals surface area contributed by atoms with Crippen molar-refractivity contribution in [2.75, 3.05) is 0 Å². The number of aromatic nitrogens is 5. The number of nitrogens with one attached hydrogen (secondary N) is 2. The predicted molar refractivity (Wildman–Crippen MR) is 104 cm³/mol. The Morgan fingerprint density at radius 3 is 2.69 bits per heavy atom. The number of benzene rings is 1. The second-order valence-corrected chi connectivity index (χ2v) is 6.20. The second-order valence-electron chi connectivity index (χ2n) is 6.20. The average molecular weight is 369 g/mol. The molecule has 7 heteroatoms. The standard InChI is InChI=1S/C19H20N6.ClH/c1-14-18-7-16(10-21-19(18)24-23-14)8-20-9-17-11-22-25(13-17)12-15-5-3-2-4-6-15;/h2-7,10-11,13,20H,8-9,12H2,1H3,(H,21,23,24);1H. The van der Waals surface area contributed by atoms with Crippen molar-refractivity contribution in [2.24, 2.45) is 0 Å². The quantitative estimate of drug-likeness (QED) is 0.548. The van der Waals surface area contributed by atoms with Crippen LogP contribution in [0, 0.1) is 6.92 Å². The lowest BCUT2D eigenvalue weighted by Crippen LogP contribution is -2.12. The molecule has 3 aromatic heterocycles. The zero-order valence-corrected chi connectivity index (χ0v) is 15.3. The molecule has 0 fully saturated rings. The third kappa shape index (κ3) is 4.09. The summed E-state index contributed by atoms with van der Waals surface area (Å²) in [5.41, 5.74) is 5.38. The Bertz CT molecular complexity index is 976. The molecule has 134 valence electrons. The zero-order valence-electron chi connectivity index (χ0n) is 14.5. The number of hydrogen-bond acceptors (Lipinski definition) is 4. The van der Waals surface area contributed by atoms with Crippen LogP contribution in [0.15, 0.2) is 55.0 Å². The molecule has 0 saturated carbocycles. The summed E-state index contributed by atoms with van der Waals surface area (Å²) in [6.45, 7) is 4.34. The van der Waals surface area contributed by atoms with Crippen molar-refractivity contribution < 1.29 is 0 Å². The molecular weight excluding hydrogens is 348 g/mol. The molecule has 4 aromatic rings. The minimum Gasteiger partial charge on any atom is -0.308 e. The van der Waals surface area contributed by atoms with Gasteiger partial charge in [-0.1, -0.05) is 30.3 Å². The molecule has 1 aromatic carbocycles. The van der Waals surface area contributed by atoms with E-state index in [2.05, 4.69) is 50.0 Å². The molecule has 2 N–H and O–H groups in total. The van der Waals surface area contributed by atoms with Crippen LogP contribution in [0.3, 0.4) is 0 Å². The molecule has 0 aliphatic heterocycles. The highest BCUT2D eigenvalue weighted by atomic mass is 35.5. The fourth-order valence-electron chi connectivity index (χ4n) is 2.87. The first-order valence-electron chi connectivity index (χ1n) is 8.33. The van der Waals surface area contributed by atoms with E-state index in [4.69, 9.17) is 0 Å². The van der Waals surface area contributed by atoms with Gasteiger partial charge in [-0.15, -0.1) is 12.4 Å². The molecule has 0 bridgehead atoms. The summed E-state index contributed by atoms with van der Waals surface area (Å²) in [6.07, 6.45) is 5.87. The van der Waals surface area contributed by atoms with Crippen molar-refractivity contribution in [3.63, 3.8) is 0 Å². The molecule has 0 unspecified atom stereocenters. The minimum absolute atomic E-state index is 0. The van der Waals surface area contributed by atoms with Gasteiger partial charge in [0.05, 0.1) is 12.7 Å².